The zero-order valence-electron chi connectivity index (χ0n) is 17.3. The number of esters is 1. The van der Waals surface area contributed by atoms with E-state index in [9.17, 15) is 19.8 Å². The number of ether oxygens (including phenoxy) is 3. The number of rotatable bonds is 5. The van der Waals surface area contributed by atoms with Crippen LogP contribution >= 0.6 is 0 Å². The summed E-state index contributed by atoms with van der Waals surface area (Å²) in [5.74, 6) is -1.02. The maximum atomic E-state index is 12.3. The van der Waals surface area contributed by atoms with Crippen LogP contribution in [0.4, 0.5) is 0 Å². The Bertz CT molecular complexity index is 1010. The molecule has 0 aromatic heterocycles. The van der Waals surface area contributed by atoms with Crippen LogP contribution in [0.2, 0.25) is 0 Å². The second-order valence-corrected chi connectivity index (χ2v) is 8.82. The number of aliphatic hydroxyl groups is 2. The lowest BCUT2D eigenvalue weighted by molar-refractivity contribution is -0.170. The van der Waals surface area contributed by atoms with Gasteiger partial charge in [0.2, 0.25) is 0 Å². The third kappa shape index (κ3) is 2.54. The summed E-state index contributed by atoms with van der Waals surface area (Å²) in [7, 11) is 3.56. The molecule has 2 bridgehead atoms. The molecule has 0 radical (unpaired) electrons. The first kappa shape index (κ1) is 20.3. The van der Waals surface area contributed by atoms with E-state index >= 15 is 0 Å². The highest BCUT2D eigenvalue weighted by molar-refractivity contribution is 5.81. The Morgan fingerprint density at radius 1 is 1.39 bits per heavy atom. The van der Waals surface area contributed by atoms with Crippen LogP contribution in [0, 0.1) is 0 Å². The van der Waals surface area contributed by atoms with Gasteiger partial charge < -0.3 is 34.4 Å². The largest absolute Gasteiger partial charge is 0.493 e. The molecule has 1 aromatic rings. The van der Waals surface area contributed by atoms with Crippen molar-refractivity contribution in [1.82, 2.24) is 4.90 Å². The van der Waals surface area contributed by atoms with E-state index in [-0.39, 0.29) is 18.2 Å². The second kappa shape index (κ2) is 6.69. The van der Waals surface area contributed by atoms with Crippen molar-refractivity contribution >= 4 is 11.9 Å². The van der Waals surface area contributed by atoms with E-state index in [1.54, 1.807) is 13.2 Å². The summed E-state index contributed by atoms with van der Waals surface area (Å²) in [4.78, 5) is 25.4. The van der Waals surface area contributed by atoms with Gasteiger partial charge in [0.1, 0.15) is 5.76 Å². The van der Waals surface area contributed by atoms with Gasteiger partial charge in [-0.3, -0.25) is 4.79 Å². The molecule has 1 fully saturated rings. The van der Waals surface area contributed by atoms with E-state index in [0.29, 0.717) is 24.3 Å². The van der Waals surface area contributed by atoms with Gasteiger partial charge in [0.15, 0.2) is 23.7 Å². The Labute approximate surface area is 178 Å². The number of carbonyl (C=O) groups excluding carboxylic acids is 1. The lowest BCUT2D eigenvalue weighted by atomic mass is 9.50. The molecule has 9 heteroatoms. The Hall–Kier alpha value is -2.62. The molecule has 31 heavy (non-hydrogen) atoms. The van der Waals surface area contributed by atoms with Crippen LogP contribution in [-0.2, 0) is 26.2 Å². The van der Waals surface area contributed by atoms with E-state index in [1.165, 1.54) is 0 Å². The molecular formula is C22H25NO8. The molecule has 0 unspecified atom stereocenters. The number of hydrogen-bond acceptors (Lipinski definition) is 8. The molecule has 2 aliphatic heterocycles. The van der Waals surface area contributed by atoms with Crippen molar-refractivity contribution in [3.8, 4) is 11.5 Å². The van der Waals surface area contributed by atoms with Crippen molar-refractivity contribution in [2.45, 2.75) is 54.9 Å². The number of nitrogens with zero attached hydrogens (tertiary/aromatic N) is 1. The van der Waals surface area contributed by atoms with Crippen molar-refractivity contribution in [1.29, 1.82) is 0 Å². The molecule has 0 amide bonds. The molecule has 5 atom stereocenters. The quantitative estimate of drug-likeness (QED) is 0.566. The van der Waals surface area contributed by atoms with Crippen LogP contribution in [0.15, 0.2) is 24.0 Å². The first-order valence-electron chi connectivity index (χ1n) is 10.3. The number of likely N-dealkylation sites (tertiary alicyclic amines) is 1. The summed E-state index contributed by atoms with van der Waals surface area (Å²) in [6.07, 6.45) is -0.0812. The van der Waals surface area contributed by atoms with Gasteiger partial charge in [-0.25, -0.2) is 4.79 Å². The van der Waals surface area contributed by atoms with Crippen LogP contribution in [0.1, 0.15) is 30.4 Å². The number of hydrogen-bond donors (Lipinski definition) is 3. The zero-order valence-corrected chi connectivity index (χ0v) is 17.3. The van der Waals surface area contributed by atoms with Gasteiger partial charge >= 0.3 is 11.9 Å². The Morgan fingerprint density at radius 3 is 2.87 bits per heavy atom. The highest BCUT2D eigenvalue weighted by Crippen LogP contribution is 2.65. The standard InChI is InChI=1S/C22H25NO8/c1-23-8-7-21-17-11-3-4-13(29-2)18(17)31-19(21)14(5-6-22(21,28)15(23)9-11)30-16(25)10-12(24)20(26)27/h3-5,12,15,19,24,28H,6-10H2,1-2H3,(H,26,27)/t12-,15+,19+,21+,22-/m1/s1. The Morgan fingerprint density at radius 2 is 2.16 bits per heavy atom. The van der Waals surface area contributed by atoms with Gasteiger partial charge in [0, 0.05) is 18.0 Å². The molecule has 1 saturated heterocycles. The van der Waals surface area contributed by atoms with E-state index in [2.05, 4.69) is 4.90 Å². The molecule has 2 heterocycles. The second-order valence-electron chi connectivity index (χ2n) is 8.82. The SMILES string of the molecule is COc1ccc2c3c1O[C@H]1C(OC(=O)C[C@@H](O)C(=O)O)=CC[C@@]4(O)[C@H](C2)N(C)CC[C@]314. The van der Waals surface area contributed by atoms with Gasteiger partial charge in [0.05, 0.1) is 24.5 Å². The molecular weight excluding hydrogens is 406 g/mol. The smallest absolute Gasteiger partial charge is 0.333 e. The van der Waals surface area contributed by atoms with Crippen molar-refractivity contribution < 1.29 is 39.1 Å². The molecule has 4 aliphatic rings. The molecule has 0 saturated carbocycles. The monoisotopic (exact) mass is 431 g/mol. The first-order chi connectivity index (χ1) is 14.7. The number of carboxylic acid groups (broad SMARTS) is 1. The van der Waals surface area contributed by atoms with Gasteiger partial charge in [0.25, 0.3) is 0 Å². The summed E-state index contributed by atoms with van der Waals surface area (Å²) in [5.41, 5.74) is 0.0627. The van der Waals surface area contributed by atoms with Crippen molar-refractivity contribution in [2.75, 3.05) is 20.7 Å². The van der Waals surface area contributed by atoms with Gasteiger partial charge in [-0.15, -0.1) is 0 Å². The van der Waals surface area contributed by atoms with Crippen molar-refractivity contribution in [3.05, 3.63) is 35.1 Å². The number of aliphatic hydroxyl groups excluding tert-OH is 1. The zero-order chi connectivity index (χ0) is 22.1. The van der Waals surface area contributed by atoms with Gasteiger partial charge in [-0.2, -0.15) is 0 Å². The number of carboxylic acids is 1. The number of aliphatic carboxylic acids is 1. The van der Waals surface area contributed by atoms with Crippen molar-refractivity contribution in [3.63, 3.8) is 0 Å². The highest BCUT2D eigenvalue weighted by atomic mass is 16.6. The molecule has 3 N–H and O–H groups in total. The summed E-state index contributed by atoms with van der Waals surface area (Å²) < 4.78 is 17.4. The highest BCUT2D eigenvalue weighted by Gasteiger charge is 2.72. The lowest BCUT2D eigenvalue weighted by Crippen LogP contribution is -2.74. The third-order valence-electron chi connectivity index (χ3n) is 7.43. The minimum absolute atomic E-state index is 0.124. The average Bonchev–Trinajstić information content (AvgIpc) is 3.08. The molecule has 166 valence electrons. The summed E-state index contributed by atoms with van der Waals surface area (Å²) in [5, 5.41) is 30.4. The summed E-state index contributed by atoms with van der Waals surface area (Å²) in [6.45, 7) is 0.738. The van der Waals surface area contributed by atoms with E-state index in [4.69, 9.17) is 19.3 Å². The Balaban J connectivity index is 1.59. The molecule has 1 aromatic carbocycles. The molecule has 2 aliphatic carbocycles. The molecule has 1 spiro atoms. The van der Waals surface area contributed by atoms with Crippen LogP contribution in [0.25, 0.3) is 0 Å². The van der Waals surface area contributed by atoms with Crippen LogP contribution in [0.3, 0.4) is 0 Å². The number of benzene rings is 1. The van der Waals surface area contributed by atoms with Crippen LogP contribution in [-0.4, -0.2) is 76.7 Å². The fourth-order valence-electron chi connectivity index (χ4n) is 6.01. The number of likely N-dealkylation sites (N-methyl/N-ethyl adjacent to an activating group) is 1. The maximum absolute atomic E-state index is 12.3. The number of carbonyl (C=O) groups is 2. The molecule has 5 rings (SSSR count). The lowest BCUT2D eigenvalue weighted by Gasteiger charge is -2.61. The minimum Gasteiger partial charge on any atom is -0.493 e. The predicted octanol–water partition coefficient (Wildman–Crippen LogP) is 0.352. The normalized spacial score (nSPS) is 33.6. The van der Waals surface area contributed by atoms with E-state index in [1.807, 2.05) is 19.2 Å². The molecule has 9 nitrogen and oxygen atoms in total. The maximum Gasteiger partial charge on any atom is 0.333 e. The van der Waals surface area contributed by atoms with E-state index in [0.717, 1.165) is 17.7 Å². The predicted molar refractivity (Wildman–Crippen MR) is 106 cm³/mol. The number of piperidine rings is 1. The average molecular weight is 431 g/mol. The van der Waals surface area contributed by atoms with Crippen LogP contribution in [0.5, 0.6) is 11.5 Å². The summed E-state index contributed by atoms with van der Waals surface area (Å²) in [6, 6.07) is 3.73. The fourth-order valence-corrected chi connectivity index (χ4v) is 6.01. The van der Waals surface area contributed by atoms with Crippen molar-refractivity contribution in [2.24, 2.45) is 0 Å². The van der Waals surface area contributed by atoms with Gasteiger partial charge in [-0.05, 0) is 44.1 Å². The van der Waals surface area contributed by atoms with Crippen LogP contribution < -0.4 is 9.47 Å². The number of methoxy groups -OCH3 is 1. The minimum atomic E-state index is -1.84. The topological polar surface area (TPSA) is 126 Å². The van der Waals surface area contributed by atoms with E-state index < -0.39 is 41.6 Å². The Kier molecular flexibility index (Phi) is 4.38. The van der Waals surface area contributed by atoms with Gasteiger partial charge in [-0.1, -0.05) is 6.07 Å². The third-order valence-corrected chi connectivity index (χ3v) is 7.43. The summed E-state index contributed by atoms with van der Waals surface area (Å²) >= 11 is 0. The fraction of sp³-hybridized carbons (Fsp3) is 0.545. The first-order valence-corrected chi connectivity index (χ1v) is 10.3.